The molecule has 2 aromatic carbocycles. The second-order valence-electron chi connectivity index (χ2n) is 7.02. The Kier molecular flexibility index (Phi) is 4.32. The van der Waals surface area contributed by atoms with E-state index in [-0.39, 0.29) is 0 Å². The molecule has 0 N–H and O–H groups in total. The van der Waals surface area contributed by atoms with Crippen LogP contribution in [0.3, 0.4) is 0 Å². The van der Waals surface area contributed by atoms with Gasteiger partial charge in [-0.3, -0.25) is 4.40 Å². The van der Waals surface area contributed by atoms with Crippen LogP contribution in [0.25, 0.3) is 16.9 Å². The molecule has 2 aromatic heterocycles. The van der Waals surface area contributed by atoms with Crippen molar-refractivity contribution in [1.82, 2.24) is 9.38 Å². The second-order valence-corrected chi connectivity index (χ2v) is 7.02. The lowest BCUT2D eigenvalue weighted by molar-refractivity contribution is 1.10. The SMILES string of the molecule is Cc1ccc(C)c(N=Nc2c(-c3cc(C)ccc3C)nc3ccccn23)c1. The molecule has 134 valence electrons. The molecule has 0 aliphatic rings. The second kappa shape index (κ2) is 6.80. The minimum Gasteiger partial charge on any atom is -0.283 e. The number of aryl methyl sites for hydroxylation is 4. The zero-order valence-electron chi connectivity index (χ0n) is 16.1. The van der Waals surface area contributed by atoms with Gasteiger partial charge in [-0.2, -0.15) is 0 Å². The van der Waals surface area contributed by atoms with E-state index in [1.54, 1.807) is 0 Å². The number of imidazole rings is 1. The molecule has 4 heteroatoms. The van der Waals surface area contributed by atoms with Gasteiger partial charge < -0.3 is 0 Å². The average Bonchev–Trinajstić information content (AvgIpc) is 3.03. The fourth-order valence-corrected chi connectivity index (χ4v) is 3.18. The zero-order valence-corrected chi connectivity index (χ0v) is 16.1. The molecule has 4 rings (SSSR count). The summed E-state index contributed by atoms with van der Waals surface area (Å²) in [4.78, 5) is 4.85. The molecular weight excluding hydrogens is 332 g/mol. The first kappa shape index (κ1) is 17.2. The van der Waals surface area contributed by atoms with E-state index < -0.39 is 0 Å². The summed E-state index contributed by atoms with van der Waals surface area (Å²) in [5.41, 5.74) is 8.34. The molecule has 0 aliphatic heterocycles. The Labute approximate surface area is 159 Å². The van der Waals surface area contributed by atoms with Crippen LogP contribution in [0.1, 0.15) is 22.3 Å². The van der Waals surface area contributed by atoms with E-state index in [2.05, 4.69) is 67.4 Å². The first-order chi connectivity index (χ1) is 13.0. The smallest absolute Gasteiger partial charge is 0.187 e. The van der Waals surface area contributed by atoms with Gasteiger partial charge in [-0.05, 0) is 68.7 Å². The number of hydrogen-bond acceptors (Lipinski definition) is 3. The van der Waals surface area contributed by atoms with Gasteiger partial charge in [-0.1, -0.05) is 35.9 Å². The van der Waals surface area contributed by atoms with Crippen molar-refractivity contribution < 1.29 is 0 Å². The summed E-state index contributed by atoms with van der Waals surface area (Å²) in [6.07, 6.45) is 1.98. The van der Waals surface area contributed by atoms with E-state index >= 15 is 0 Å². The van der Waals surface area contributed by atoms with Gasteiger partial charge in [0.25, 0.3) is 0 Å². The Balaban J connectivity index is 1.92. The molecule has 4 aromatic rings. The molecule has 0 radical (unpaired) electrons. The Bertz CT molecular complexity index is 1170. The van der Waals surface area contributed by atoms with Crippen LogP contribution in [0.5, 0.6) is 0 Å². The standard InChI is InChI=1S/C23H22N4/c1-15-8-10-17(3)19(13-15)22-23(27-12-6-5-7-21(27)24-22)26-25-20-14-16(2)9-11-18(20)4/h5-14H,1-4H3. The molecule has 2 heterocycles. The summed E-state index contributed by atoms with van der Waals surface area (Å²) in [6.45, 7) is 8.31. The topological polar surface area (TPSA) is 42.0 Å². The highest BCUT2D eigenvalue weighted by Gasteiger charge is 2.16. The van der Waals surface area contributed by atoms with E-state index in [1.807, 2.05) is 35.7 Å². The van der Waals surface area contributed by atoms with Crippen molar-refractivity contribution in [1.29, 1.82) is 0 Å². The van der Waals surface area contributed by atoms with E-state index in [0.717, 1.165) is 34.0 Å². The molecule has 27 heavy (non-hydrogen) atoms. The zero-order chi connectivity index (χ0) is 19.0. The molecule has 0 saturated heterocycles. The third-order valence-electron chi connectivity index (χ3n) is 4.77. The molecule has 0 unspecified atom stereocenters. The van der Waals surface area contributed by atoms with Crippen LogP contribution >= 0.6 is 0 Å². The largest absolute Gasteiger partial charge is 0.283 e. The summed E-state index contributed by atoms with van der Waals surface area (Å²) in [5, 5.41) is 9.20. The van der Waals surface area contributed by atoms with Crippen molar-refractivity contribution >= 4 is 17.2 Å². The fourth-order valence-electron chi connectivity index (χ4n) is 3.18. The number of pyridine rings is 1. The number of aromatic nitrogens is 2. The fraction of sp³-hybridized carbons (Fsp3) is 0.174. The maximum Gasteiger partial charge on any atom is 0.187 e. The van der Waals surface area contributed by atoms with Crippen LogP contribution in [0.15, 0.2) is 71.0 Å². The first-order valence-corrected chi connectivity index (χ1v) is 9.06. The van der Waals surface area contributed by atoms with Crippen LogP contribution in [0, 0.1) is 27.7 Å². The molecule has 4 nitrogen and oxygen atoms in total. The van der Waals surface area contributed by atoms with Gasteiger partial charge in [0.1, 0.15) is 11.3 Å². The monoisotopic (exact) mass is 354 g/mol. The van der Waals surface area contributed by atoms with Gasteiger partial charge in [0, 0.05) is 11.8 Å². The third-order valence-corrected chi connectivity index (χ3v) is 4.77. The van der Waals surface area contributed by atoms with Gasteiger partial charge >= 0.3 is 0 Å². The van der Waals surface area contributed by atoms with Crippen molar-refractivity contribution in [2.75, 3.05) is 0 Å². The summed E-state index contributed by atoms with van der Waals surface area (Å²) in [5.74, 6) is 0.750. The summed E-state index contributed by atoms with van der Waals surface area (Å²) in [7, 11) is 0. The van der Waals surface area contributed by atoms with E-state index in [9.17, 15) is 0 Å². The maximum absolute atomic E-state index is 4.85. The third kappa shape index (κ3) is 3.26. The van der Waals surface area contributed by atoms with Gasteiger partial charge in [0.2, 0.25) is 0 Å². The van der Waals surface area contributed by atoms with Crippen molar-refractivity contribution in [3.63, 3.8) is 0 Å². The number of hydrogen-bond donors (Lipinski definition) is 0. The lowest BCUT2D eigenvalue weighted by atomic mass is 10.0. The predicted octanol–water partition coefficient (Wildman–Crippen LogP) is 6.65. The number of azo groups is 1. The highest BCUT2D eigenvalue weighted by molar-refractivity contribution is 5.77. The lowest BCUT2D eigenvalue weighted by Crippen LogP contribution is -1.86. The summed E-state index contributed by atoms with van der Waals surface area (Å²) in [6, 6.07) is 18.6. The first-order valence-electron chi connectivity index (χ1n) is 9.06. The number of nitrogens with zero attached hydrogens (tertiary/aromatic N) is 4. The normalized spacial score (nSPS) is 11.6. The Morgan fingerprint density at radius 1 is 0.778 bits per heavy atom. The molecule has 0 amide bonds. The highest BCUT2D eigenvalue weighted by Crippen LogP contribution is 2.35. The van der Waals surface area contributed by atoms with Gasteiger partial charge in [0.15, 0.2) is 5.82 Å². The van der Waals surface area contributed by atoms with Crippen LogP contribution in [-0.4, -0.2) is 9.38 Å². The Morgan fingerprint density at radius 2 is 1.52 bits per heavy atom. The minimum absolute atomic E-state index is 0.750. The molecule has 0 aliphatic carbocycles. The highest BCUT2D eigenvalue weighted by atomic mass is 15.2. The quantitative estimate of drug-likeness (QED) is 0.380. The molecule has 0 bridgehead atoms. The molecule has 0 atom stereocenters. The van der Waals surface area contributed by atoms with Crippen LogP contribution < -0.4 is 0 Å². The van der Waals surface area contributed by atoms with Gasteiger partial charge in [-0.15, -0.1) is 10.2 Å². The number of fused-ring (bicyclic) bond motifs is 1. The van der Waals surface area contributed by atoms with Crippen molar-refractivity contribution in [2.24, 2.45) is 10.2 Å². The Hall–Kier alpha value is -3.27. The van der Waals surface area contributed by atoms with E-state index in [4.69, 9.17) is 4.98 Å². The maximum atomic E-state index is 4.85. The van der Waals surface area contributed by atoms with Crippen LogP contribution in [-0.2, 0) is 0 Å². The van der Waals surface area contributed by atoms with Crippen LogP contribution in [0.2, 0.25) is 0 Å². The molecule has 0 saturated carbocycles. The van der Waals surface area contributed by atoms with Crippen molar-refractivity contribution in [2.45, 2.75) is 27.7 Å². The van der Waals surface area contributed by atoms with Crippen LogP contribution in [0.4, 0.5) is 11.5 Å². The summed E-state index contributed by atoms with van der Waals surface area (Å²) >= 11 is 0. The van der Waals surface area contributed by atoms with E-state index in [0.29, 0.717) is 0 Å². The van der Waals surface area contributed by atoms with Crippen molar-refractivity contribution in [3.05, 3.63) is 83.0 Å². The average molecular weight is 354 g/mol. The lowest BCUT2D eigenvalue weighted by Gasteiger charge is -2.06. The molecular formula is C23H22N4. The minimum atomic E-state index is 0.750. The Morgan fingerprint density at radius 3 is 2.33 bits per heavy atom. The molecule has 0 spiro atoms. The van der Waals surface area contributed by atoms with Gasteiger partial charge in [0.05, 0.1) is 5.69 Å². The predicted molar refractivity (Wildman–Crippen MR) is 110 cm³/mol. The number of benzene rings is 2. The number of rotatable bonds is 3. The summed E-state index contributed by atoms with van der Waals surface area (Å²) < 4.78 is 1.99. The van der Waals surface area contributed by atoms with E-state index in [1.165, 1.54) is 16.7 Å². The van der Waals surface area contributed by atoms with Gasteiger partial charge in [-0.25, -0.2) is 4.98 Å². The van der Waals surface area contributed by atoms with Crippen molar-refractivity contribution in [3.8, 4) is 11.3 Å². The molecule has 0 fully saturated rings.